The van der Waals surface area contributed by atoms with E-state index >= 15 is 0 Å². The number of anilines is 2. The Labute approximate surface area is 196 Å². The number of quaternary nitrogens is 1. The van der Waals surface area contributed by atoms with Gasteiger partial charge < -0.3 is 10.1 Å². The lowest BCUT2D eigenvalue weighted by atomic mass is 10.3. The maximum absolute atomic E-state index is 12.3. The number of aromatic amines is 1. The molecule has 1 aromatic carbocycles. The van der Waals surface area contributed by atoms with Crippen LogP contribution in [0.1, 0.15) is 5.69 Å². The number of H-pyrrole nitrogens is 1. The molecule has 4 heterocycles. The number of amides is 1. The maximum atomic E-state index is 12.3. The number of hydrogen-bond donors (Lipinski definition) is 4. The third-order valence-electron chi connectivity index (χ3n) is 5.45. The fraction of sp³-hybridized carbons (Fsp3) is 0.318. The number of aromatic nitrogens is 2. The van der Waals surface area contributed by atoms with Crippen LogP contribution >= 0.6 is 11.9 Å². The van der Waals surface area contributed by atoms with Crippen molar-refractivity contribution in [2.75, 3.05) is 50.0 Å². The largest absolute Gasteiger partial charge is 0.379 e. The first-order chi connectivity index (χ1) is 16.1. The van der Waals surface area contributed by atoms with E-state index in [1.165, 1.54) is 0 Å². The molecule has 1 amide bonds. The van der Waals surface area contributed by atoms with Gasteiger partial charge in [0, 0.05) is 35.4 Å². The molecule has 3 aliphatic heterocycles. The zero-order valence-corrected chi connectivity index (χ0v) is 19.2. The molecule has 10 nitrogen and oxygen atoms in total. The van der Waals surface area contributed by atoms with E-state index in [2.05, 4.69) is 41.2 Å². The highest BCUT2D eigenvalue weighted by Gasteiger charge is 2.32. The van der Waals surface area contributed by atoms with E-state index in [0.717, 1.165) is 51.7 Å². The van der Waals surface area contributed by atoms with Crippen LogP contribution in [0.15, 0.2) is 64.6 Å². The molecule has 0 radical (unpaired) electrons. The quantitative estimate of drug-likeness (QED) is 0.451. The SMILES string of the molecule is Cc1cc(NC2=CN(Sc3ccc(NC(=O)CN4CCOCC4)cc3)CC3=NC=C[NH+]23)n[nH]1. The molecule has 172 valence electrons. The summed E-state index contributed by atoms with van der Waals surface area (Å²) >= 11 is 1.62. The predicted octanol–water partition coefficient (Wildman–Crippen LogP) is 0.991. The van der Waals surface area contributed by atoms with Crippen molar-refractivity contribution in [3.63, 3.8) is 0 Å². The van der Waals surface area contributed by atoms with Crippen molar-refractivity contribution in [1.82, 2.24) is 19.4 Å². The van der Waals surface area contributed by atoms with E-state index in [0.29, 0.717) is 26.3 Å². The zero-order chi connectivity index (χ0) is 22.6. The van der Waals surface area contributed by atoms with Crippen LogP contribution in [-0.4, -0.2) is 70.5 Å². The number of fused-ring (bicyclic) bond motifs is 1. The number of amidine groups is 1. The highest BCUT2D eigenvalue weighted by molar-refractivity contribution is 7.97. The van der Waals surface area contributed by atoms with Gasteiger partial charge in [0.25, 0.3) is 0 Å². The normalized spacial score (nSPS) is 20.3. The van der Waals surface area contributed by atoms with Gasteiger partial charge in [-0.2, -0.15) is 5.10 Å². The van der Waals surface area contributed by atoms with Crippen molar-refractivity contribution in [2.45, 2.75) is 11.8 Å². The van der Waals surface area contributed by atoms with Crippen molar-refractivity contribution in [2.24, 2.45) is 4.99 Å². The van der Waals surface area contributed by atoms with Gasteiger partial charge in [-0.05, 0) is 43.1 Å². The number of morpholine rings is 1. The monoisotopic (exact) mass is 467 g/mol. The van der Waals surface area contributed by atoms with Crippen molar-refractivity contribution >= 4 is 35.2 Å². The van der Waals surface area contributed by atoms with E-state index < -0.39 is 0 Å². The number of benzene rings is 1. The van der Waals surface area contributed by atoms with Gasteiger partial charge in [-0.25, -0.2) is 9.89 Å². The van der Waals surface area contributed by atoms with Gasteiger partial charge >= 0.3 is 0 Å². The molecule has 1 saturated heterocycles. The van der Waals surface area contributed by atoms with Crippen LogP contribution in [-0.2, 0) is 9.53 Å². The zero-order valence-electron chi connectivity index (χ0n) is 18.4. The second kappa shape index (κ2) is 9.79. The molecular weight excluding hydrogens is 440 g/mol. The molecule has 1 aromatic heterocycles. The van der Waals surface area contributed by atoms with E-state index in [9.17, 15) is 4.79 Å². The number of ether oxygens (including phenoxy) is 1. The molecule has 0 bridgehead atoms. The van der Waals surface area contributed by atoms with E-state index in [4.69, 9.17) is 4.74 Å². The molecule has 0 saturated carbocycles. The van der Waals surface area contributed by atoms with E-state index in [1.54, 1.807) is 11.9 Å². The van der Waals surface area contributed by atoms with E-state index in [-0.39, 0.29) is 5.91 Å². The first-order valence-corrected chi connectivity index (χ1v) is 11.7. The summed E-state index contributed by atoms with van der Waals surface area (Å²) in [6.45, 7) is 6.02. The van der Waals surface area contributed by atoms with Crippen LogP contribution < -0.4 is 15.5 Å². The Kier molecular flexibility index (Phi) is 6.44. The summed E-state index contributed by atoms with van der Waals surface area (Å²) in [6, 6.07) is 9.87. The Morgan fingerprint density at radius 3 is 2.85 bits per heavy atom. The van der Waals surface area contributed by atoms with Crippen LogP contribution in [0.5, 0.6) is 0 Å². The Bertz CT molecular complexity index is 1090. The van der Waals surface area contributed by atoms with Crippen LogP contribution in [0.3, 0.4) is 0 Å². The first kappa shape index (κ1) is 21.7. The highest BCUT2D eigenvalue weighted by Crippen LogP contribution is 2.26. The van der Waals surface area contributed by atoms with Gasteiger partial charge in [-0.1, -0.05) is 0 Å². The number of carbonyl (C=O) groups is 1. The smallest absolute Gasteiger partial charge is 0.238 e. The molecule has 33 heavy (non-hydrogen) atoms. The lowest BCUT2D eigenvalue weighted by Gasteiger charge is -2.27. The minimum Gasteiger partial charge on any atom is -0.379 e. The fourth-order valence-corrected chi connectivity index (χ4v) is 4.69. The molecular formula is C22H27N8O2S+. The molecule has 5 rings (SSSR count). The summed E-state index contributed by atoms with van der Waals surface area (Å²) in [7, 11) is 0. The average molecular weight is 468 g/mol. The summed E-state index contributed by atoms with van der Waals surface area (Å²) in [5.74, 6) is 2.75. The molecule has 0 aliphatic carbocycles. The summed E-state index contributed by atoms with van der Waals surface area (Å²) in [5.41, 5.74) is 1.79. The number of aliphatic imine (C=N–C) groups is 1. The Morgan fingerprint density at radius 1 is 1.27 bits per heavy atom. The van der Waals surface area contributed by atoms with Gasteiger partial charge in [0.05, 0.1) is 32.2 Å². The van der Waals surface area contributed by atoms with Crippen molar-refractivity contribution in [1.29, 1.82) is 0 Å². The molecule has 1 atom stereocenters. The van der Waals surface area contributed by atoms with Crippen LogP contribution in [0.2, 0.25) is 0 Å². The number of hydrogen-bond acceptors (Lipinski definition) is 8. The lowest BCUT2D eigenvalue weighted by molar-refractivity contribution is -0.699. The third kappa shape index (κ3) is 5.45. The van der Waals surface area contributed by atoms with Gasteiger partial charge in [0.2, 0.25) is 17.6 Å². The third-order valence-corrected chi connectivity index (χ3v) is 6.40. The summed E-state index contributed by atoms with van der Waals surface area (Å²) in [5, 5.41) is 13.6. The molecule has 2 aromatic rings. The second-order valence-corrected chi connectivity index (χ2v) is 9.16. The molecule has 4 N–H and O–H groups in total. The average Bonchev–Trinajstić information content (AvgIpc) is 3.44. The van der Waals surface area contributed by atoms with Gasteiger partial charge in [-0.15, -0.1) is 0 Å². The van der Waals surface area contributed by atoms with Gasteiger partial charge in [-0.3, -0.25) is 24.4 Å². The van der Waals surface area contributed by atoms with Crippen LogP contribution in [0, 0.1) is 6.92 Å². The minimum absolute atomic E-state index is 0.00426. The van der Waals surface area contributed by atoms with Crippen molar-refractivity contribution in [3.05, 3.63) is 60.4 Å². The topological polar surface area (TPSA) is 102 Å². The molecule has 11 heteroatoms. The summed E-state index contributed by atoms with van der Waals surface area (Å²) < 4.78 is 7.47. The van der Waals surface area contributed by atoms with Crippen LogP contribution in [0.4, 0.5) is 11.5 Å². The van der Waals surface area contributed by atoms with Gasteiger partial charge in [0.1, 0.15) is 12.7 Å². The fourth-order valence-electron chi connectivity index (χ4n) is 3.82. The van der Waals surface area contributed by atoms with E-state index in [1.807, 2.05) is 49.7 Å². The Hall–Kier alpha value is -3.12. The first-order valence-electron chi connectivity index (χ1n) is 10.9. The number of nitrogens with zero attached hydrogens (tertiary/aromatic N) is 4. The Morgan fingerprint density at radius 2 is 2.09 bits per heavy atom. The van der Waals surface area contributed by atoms with Crippen LogP contribution in [0.25, 0.3) is 0 Å². The molecule has 1 unspecified atom stereocenters. The summed E-state index contributed by atoms with van der Waals surface area (Å²) in [6.07, 6.45) is 5.93. The van der Waals surface area contributed by atoms with Crippen molar-refractivity contribution in [3.8, 4) is 0 Å². The Balaban J connectivity index is 1.20. The lowest BCUT2D eigenvalue weighted by Crippen LogP contribution is -3.10. The number of nitrogens with one attached hydrogen (secondary N) is 4. The summed E-state index contributed by atoms with van der Waals surface area (Å²) in [4.78, 5) is 21.1. The predicted molar refractivity (Wildman–Crippen MR) is 127 cm³/mol. The minimum atomic E-state index is -0.00426. The molecule has 0 spiro atoms. The maximum Gasteiger partial charge on any atom is 0.238 e. The van der Waals surface area contributed by atoms with Crippen molar-refractivity contribution < 1.29 is 14.4 Å². The standard InChI is InChI=1S/C22H26N8O2S/c1-16-12-19(27-26-16)25-21-14-29(13-20-23-6-7-30(20)21)33-18-4-2-17(3-5-18)24-22(31)15-28-8-10-32-11-9-28/h2-7,12,14H,8-11,13,15H2,1H3,(H,24,31)(H2,25,26,27)/p+1. The number of carbonyl (C=O) groups excluding carboxylic acids is 1. The molecule has 1 fully saturated rings. The second-order valence-electron chi connectivity index (χ2n) is 8.04. The number of rotatable bonds is 7. The molecule has 3 aliphatic rings. The van der Waals surface area contributed by atoms with Gasteiger partial charge in [0.15, 0.2) is 5.82 Å². The number of aryl methyl sites for hydroxylation is 1. The highest BCUT2D eigenvalue weighted by atomic mass is 32.2.